The molecule has 42 heavy (non-hydrogen) atoms. The van der Waals surface area contributed by atoms with Gasteiger partial charge in [0.15, 0.2) is 0 Å². The number of carbonyl (C=O) groups excluding carboxylic acids is 2. The van der Waals surface area contributed by atoms with Gasteiger partial charge in [0.2, 0.25) is 0 Å². The lowest BCUT2D eigenvalue weighted by molar-refractivity contribution is -0.385. The second-order valence-electron chi connectivity index (χ2n) is 8.41. The third-order valence-electron chi connectivity index (χ3n) is 5.73. The number of ether oxygens (including phenoxy) is 2. The van der Waals surface area contributed by atoms with Crippen molar-refractivity contribution in [3.05, 3.63) is 116 Å². The molecule has 0 aromatic heterocycles. The van der Waals surface area contributed by atoms with Crippen molar-refractivity contribution < 1.29 is 28.9 Å². The SMILES string of the molecule is COc1cccc(C(=O)Nc2ccc([N+](=O)[O-])cc2SSc2cc([N+](=O)[O-])ccc2NC(=O)c2cccc(OC)c2)c1. The number of methoxy groups -OCH3 is 2. The van der Waals surface area contributed by atoms with Crippen LogP contribution in [0.2, 0.25) is 0 Å². The van der Waals surface area contributed by atoms with Crippen molar-refractivity contribution >= 4 is 56.2 Å². The monoisotopic (exact) mass is 606 g/mol. The quantitative estimate of drug-likeness (QED) is 0.105. The molecule has 0 radical (unpaired) electrons. The van der Waals surface area contributed by atoms with Crippen LogP contribution in [0, 0.1) is 20.2 Å². The number of nitro groups is 2. The molecule has 0 atom stereocenters. The number of non-ortho nitro benzene ring substituents is 2. The molecule has 2 amide bonds. The fourth-order valence-corrected chi connectivity index (χ4v) is 5.90. The van der Waals surface area contributed by atoms with Crippen molar-refractivity contribution in [3.63, 3.8) is 0 Å². The molecule has 0 bridgehead atoms. The fraction of sp³-hybridized carbons (Fsp3) is 0.0714. The van der Waals surface area contributed by atoms with Gasteiger partial charge < -0.3 is 20.1 Å². The highest BCUT2D eigenvalue weighted by atomic mass is 33.1. The smallest absolute Gasteiger partial charge is 0.270 e. The number of hydrogen-bond donors (Lipinski definition) is 2. The molecule has 12 nitrogen and oxygen atoms in total. The van der Waals surface area contributed by atoms with Crippen molar-refractivity contribution in [2.45, 2.75) is 9.79 Å². The zero-order valence-corrected chi connectivity index (χ0v) is 23.7. The van der Waals surface area contributed by atoms with Crippen molar-refractivity contribution in [1.29, 1.82) is 0 Å². The predicted molar refractivity (Wildman–Crippen MR) is 160 cm³/mol. The lowest BCUT2D eigenvalue weighted by Crippen LogP contribution is -2.13. The molecule has 0 aliphatic rings. The number of nitro benzene ring substituents is 2. The maximum absolute atomic E-state index is 13.0. The van der Waals surface area contributed by atoms with Gasteiger partial charge in [-0.15, -0.1) is 0 Å². The van der Waals surface area contributed by atoms with E-state index in [1.54, 1.807) is 48.5 Å². The van der Waals surface area contributed by atoms with Gasteiger partial charge in [0.1, 0.15) is 11.5 Å². The van der Waals surface area contributed by atoms with Gasteiger partial charge in [-0.3, -0.25) is 29.8 Å². The zero-order valence-electron chi connectivity index (χ0n) is 22.1. The summed E-state index contributed by atoms with van der Waals surface area (Å²) in [7, 11) is 4.98. The number of hydrogen-bond acceptors (Lipinski definition) is 10. The van der Waals surface area contributed by atoms with E-state index in [1.807, 2.05) is 0 Å². The molecule has 0 aliphatic heterocycles. The minimum absolute atomic E-state index is 0.219. The lowest BCUT2D eigenvalue weighted by atomic mass is 10.2. The van der Waals surface area contributed by atoms with E-state index < -0.39 is 21.7 Å². The van der Waals surface area contributed by atoms with Crippen molar-refractivity contribution in [2.24, 2.45) is 0 Å². The summed E-state index contributed by atoms with van der Waals surface area (Å²) in [5, 5.41) is 28.5. The second-order valence-corrected chi connectivity index (χ2v) is 10.6. The standard InChI is InChI=1S/C28H22N4O8S2/c1-39-21-7-3-5-17(13-21)27(33)29-23-11-9-19(31(35)36)15-25(23)41-42-26-16-20(32(37)38)10-12-24(26)30-28(34)18-6-4-8-22(14-18)40-2/h3-16H,1-2H3,(H,29,33)(H,30,34). The summed E-state index contributed by atoms with van der Waals surface area (Å²) in [6, 6.07) is 20.8. The summed E-state index contributed by atoms with van der Waals surface area (Å²) in [4.78, 5) is 48.3. The highest BCUT2D eigenvalue weighted by Crippen LogP contribution is 2.46. The van der Waals surface area contributed by atoms with E-state index >= 15 is 0 Å². The second kappa shape index (κ2) is 13.5. The molecular formula is C28H22N4O8S2. The van der Waals surface area contributed by atoms with Crippen LogP contribution in [0.25, 0.3) is 0 Å². The molecule has 0 aliphatic carbocycles. The summed E-state index contributed by atoms with van der Waals surface area (Å²) in [5.74, 6) is 0.00350. The summed E-state index contributed by atoms with van der Waals surface area (Å²) in [6.07, 6.45) is 0. The third kappa shape index (κ3) is 7.35. The van der Waals surface area contributed by atoms with Gasteiger partial charge in [0, 0.05) is 45.2 Å². The number of nitrogens with one attached hydrogen (secondary N) is 2. The summed E-state index contributed by atoms with van der Waals surface area (Å²) < 4.78 is 10.3. The molecule has 0 heterocycles. The molecule has 2 N–H and O–H groups in total. The molecule has 4 aromatic rings. The Hall–Kier alpha value is -5.08. The highest BCUT2D eigenvalue weighted by Gasteiger charge is 2.19. The Labute approximate surface area is 247 Å². The molecular weight excluding hydrogens is 584 g/mol. The largest absolute Gasteiger partial charge is 0.497 e. The number of benzene rings is 4. The maximum Gasteiger partial charge on any atom is 0.270 e. The van der Waals surface area contributed by atoms with Gasteiger partial charge in [0.25, 0.3) is 23.2 Å². The Balaban J connectivity index is 1.63. The number of carbonyl (C=O) groups is 2. The van der Waals surface area contributed by atoms with E-state index in [0.29, 0.717) is 32.4 Å². The molecule has 214 valence electrons. The van der Waals surface area contributed by atoms with E-state index in [1.165, 1.54) is 50.6 Å². The van der Waals surface area contributed by atoms with Crippen LogP contribution >= 0.6 is 21.6 Å². The van der Waals surface area contributed by atoms with Gasteiger partial charge in [-0.1, -0.05) is 33.7 Å². The van der Waals surface area contributed by atoms with Crippen molar-refractivity contribution in [1.82, 2.24) is 0 Å². The first kappa shape index (κ1) is 29.9. The van der Waals surface area contributed by atoms with E-state index in [9.17, 15) is 29.8 Å². The summed E-state index contributed by atoms with van der Waals surface area (Å²) in [5.41, 5.74) is 0.720. The van der Waals surface area contributed by atoms with Crippen LogP contribution < -0.4 is 20.1 Å². The minimum atomic E-state index is -0.574. The summed E-state index contributed by atoms with van der Waals surface area (Å²) >= 11 is 0. The number of amides is 2. The van der Waals surface area contributed by atoms with E-state index in [-0.39, 0.29) is 22.7 Å². The zero-order chi connectivity index (χ0) is 30.2. The molecule has 0 saturated carbocycles. The Morgan fingerprint density at radius 2 is 1.05 bits per heavy atom. The topological polar surface area (TPSA) is 163 Å². The molecule has 4 aromatic carbocycles. The highest BCUT2D eigenvalue weighted by molar-refractivity contribution is 8.76. The van der Waals surface area contributed by atoms with Crippen LogP contribution in [0.3, 0.4) is 0 Å². The molecule has 4 rings (SSSR count). The van der Waals surface area contributed by atoms with Crippen LogP contribution in [-0.4, -0.2) is 35.9 Å². The molecule has 14 heteroatoms. The van der Waals surface area contributed by atoms with E-state index in [4.69, 9.17) is 9.47 Å². The first-order valence-electron chi connectivity index (χ1n) is 12.0. The first-order chi connectivity index (χ1) is 20.2. The van der Waals surface area contributed by atoms with Crippen LogP contribution in [0.1, 0.15) is 20.7 Å². The molecule has 0 spiro atoms. The minimum Gasteiger partial charge on any atom is -0.497 e. The van der Waals surface area contributed by atoms with Gasteiger partial charge in [-0.05, 0) is 48.5 Å². The molecule has 0 unspecified atom stereocenters. The molecule has 0 saturated heterocycles. The van der Waals surface area contributed by atoms with Crippen LogP contribution in [0.4, 0.5) is 22.7 Å². The van der Waals surface area contributed by atoms with E-state index in [2.05, 4.69) is 10.6 Å². The number of anilines is 2. The number of rotatable bonds is 11. The lowest BCUT2D eigenvalue weighted by Gasteiger charge is -2.13. The average Bonchev–Trinajstić information content (AvgIpc) is 3.00. The first-order valence-corrected chi connectivity index (χ1v) is 14.2. The predicted octanol–water partition coefficient (Wildman–Crippen LogP) is 6.82. The van der Waals surface area contributed by atoms with Crippen LogP contribution in [-0.2, 0) is 0 Å². The van der Waals surface area contributed by atoms with Crippen LogP contribution in [0.15, 0.2) is 94.7 Å². The summed E-state index contributed by atoms with van der Waals surface area (Å²) in [6.45, 7) is 0. The Morgan fingerprint density at radius 3 is 1.40 bits per heavy atom. The average molecular weight is 607 g/mol. The van der Waals surface area contributed by atoms with Gasteiger partial charge >= 0.3 is 0 Å². The van der Waals surface area contributed by atoms with Gasteiger partial charge in [-0.2, -0.15) is 0 Å². The van der Waals surface area contributed by atoms with Gasteiger partial charge in [0.05, 0.1) is 35.4 Å². The number of nitrogens with zero attached hydrogens (tertiary/aromatic N) is 2. The van der Waals surface area contributed by atoms with Gasteiger partial charge in [-0.25, -0.2) is 0 Å². The van der Waals surface area contributed by atoms with Crippen molar-refractivity contribution in [3.8, 4) is 11.5 Å². The van der Waals surface area contributed by atoms with E-state index in [0.717, 1.165) is 21.6 Å². The fourth-order valence-electron chi connectivity index (χ4n) is 3.60. The maximum atomic E-state index is 13.0. The molecule has 0 fully saturated rings. The Bertz CT molecular complexity index is 1560. The van der Waals surface area contributed by atoms with Crippen LogP contribution in [0.5, 0.6) is 11.5 Å². The normalized spacial score (nSPS) is 10.4. The Morgan fingerprint density at radius 1 is 0.643 bits per heavy atom. The Kier molecular flexibility index (Phi) is 9.62. The van der Waals surface area contributed by atoms with Crippen molar-refractivity contribution in [2.75, 3.05) is 24.9 Å². The third-order valence-corrected chi connectivity index (χ3v) is 8.18.